The number of fused-ring (bicyclic) bond motifs is 1. The molecule has 0 saturated heterocycles. The van der Waals surface area contributed by atoms with E-state index in [9.17, 15) is 0 Å². The van der Waals surface area contributed by atoms with Crippen LogP contribution < -0.4 is 10.1 Å². The van der Waals surface area contributed by atoms with E-state index in [4.69, 9.17) is 9.15 Å². The topological polar surface area (TPSA) is 88.9 Å². The molecule has 1 aromatic carbocycles. The molecule has 0 bridgehead atoms. The first kappa shape index (κ1) is 17.2. The second-order valence-corrected chi connectivity index (χ2v) is 6.60. The molecule has 3 aromatic heterocycles. The summed E-state index contributed by atoms with van der Waals surface area (Å²) in [6, 6.07) is 7.91. The molecule has 5 rings (SSSR count). The van der Waals surface area contributed by atoms with Crippen LogP contribution in [0.5, 0.6) is 5.75 Å². The van der Waals surface area contributed by atoms with E-state index >= 15 is 0 Å². The highest BCUT2D eigenvalue weighted by Gasteiger charge is 2.17. The second-order valence-electron chi connectivity index (χ2n) is 6.60. The third-order valence-electron chi connectivity index (χ3n) is 4.80. The summed E-state index contributed by atoms with van der Waals surface area (Å²) in [6.45, 7) is 2.53. The highest BCUT2D eigenvalue weighted by molar-refractivity contribution is 5.99. The molecule has 7 nitrogen and oxygen atoms in total. The maximum atomic E-state index is 5.83. The van der Waals surface area contributed by atoms with Gasteiger partial charge >= 0.3 is 0 Å². The first-order chi connectivity index (χ1) is 14.3. The second kappa shape index (κ2) is 7.27. The molecule has 1 aliphatic carbocycles. The number of nitrogens with one attached hydrogen (secondary N) is 2. The number of hydrogen-bond acceptors (Lipinski definition) is 6. The van der Waals surface area contributed by atoms with Gasteiger partial charge in [-0.1, -0.05) is 24.3 Å². The van der Waals surface area contributed by atoms with Crippen LogP contribution >= 0.6 is 0 Å². The lowest BCUT2D eigenvalue weighted by molar-refractivity contribution is 0.342. The van der Waals surface area contributed by atoms with Crippen LogP contribution in [0.2, 0.25) is 0 Å². The smallest absolute Gasteiger partial charge is 0.186 e. The summed E-state index contributed by atoms with van der Waals surface area (Å²) < 4.78 is 11.1. The molecule has 0 spiro atoms. The molecule has 0 atom stereocenters. The fourth-order valence-corrected chi connectivity index (χ4v) is 3.45. The maximum absolute atomic E-state index is 5.83. The van der Waals surface area contributed by atoms with E-state index in [-0.39, 0.29) is 0 Å². The molecule has 144 valence electrons. The average molecular weight is 385 g/mol. The number of nitrogens with zero attached hydrogens (tertiary/aromatic N) is 3. The molecule has 1 aliphatic rings. The Bertz CT molecular complexity index is 1220. The lowest BCUT2D eigenvalue weighted by Crippen LogP contribution is -2.01. The Balaban J connectivity index is 1.61. The Kier molecular flexibility index (Phi) is 4.32. The molecule has 3 heterocycles. The van der Waals surface area contributed by atoms with E-state index in [1.807, 2.05) is 31.2 Å². The number of rotatable bonds is 6. The standard InChI is InChI=1S/C22H19N5O2/c1-2-29-18-8-7-15(16-9-10-28-12-16)11-17(18)25-21-19-20(14-5-3-4-6-14)26-27-22(19)24-13-23-21/h3,5-13H,2,4H2,1H3,(H2,23,24,25,26,27). The quantitative estimate of drug-likeness (QED) is 0.480. The largest absolute Gasteiger partial charge is 0.492 e. The summed E-state index contributed by atoms with van der Waals surface area (Å²) >= 11 is 0. The predicted octanol–water partition coefficient (Wildman–Crippen LogP) is 5.10. The monoisotopic (exact) mass is 385 g/mol. The minimum atomic E-state index is 0.563. The Morgan fingerprint density at radius 2 is 2.17 bits per heavy atom. The molecule has 0 radical (unpaired) electrons. The Morgan fingerprint density at radius 3 is 2.97 bits per heavy atom. The lowest BCUT2D eigenvalue weighted by atomic mass is 10.1. The van der Waals surface area contributed by atoms with Gasteiger partial charge in [0.2, 0.25) is 0 Å². The SMILES string of the molecule is CCOc1ccc(-c2ccoc2)cc1Nc1ncnc2n[nH]c(C3=CCC=C3)c12. The number of benzene rings is 1. The summed E-state index contributed by atoms with van der Waals surface area (Å²) in [7, 11) is 0. The molecule has 0 fully saturated rings. The molecular weight excluding hydrogens is 366 g/mol. The van der Waals surface area contributed by atoms with E-state index in [1.54, 1.807) is 12.5 Å². The summed E-state index contributed by atoms with van der Waals surface area (Å²) in [6.07, 6.45) is 12.1. The molecule has 0 saturated carbocycles. The van der Waals surface area contributed by atoms with Gasteiger partial charge in [0.1, 0.15) is 17.9 Å². The van der Waals surface area contributed by atoms with Gasteiger partial charge in [0.25, 0.3) is 0 Å². The highest BCUT2D eigenvalue weighted by Crippen LogP contribution is 2.36. The molecular formula is C22H19N5O2. The zero-order valence-corrected chi connectivity index (χ0v) is 15.8. The van der Waals surface area contributed by atoms with Crippen molar-refractivity contribution in [2.75, 3.05) is 11.9 Å². The van der Waals surface area contributed by atoms with Crippen LogP contribution in [0.3, 0.4) is 0 Å². The van der Waals surface area contributed by atoms with Gasteiger partial charge in [-0.2, -0.15) is 5.10 Å². The van der Waals surface area contributed by atoms with Crippen molar-refractivity contribution in [3.8, 4) is 16.9 Å². The summed E-state index contributed by atoms with van der Waals surface area (Å²) in [5, 5.41) is 11.7. The van der Waals surface area contributed by atoms with Crippen LogP contribution in [0.15, 0.2) is 65.8 Å². The fraction of sp³-hybridized carbons (Fsp3) is 0.136. The summed E-state index contributed by atoms with van der Waals surface area (Å²) in [5.74, 6) is 1.42. The molecule has 7 heteroatoms. The average Bonchev–Trinajstić information content (AvgIpc) is 3.50. The third-order valence-corrected chi connectivity index (χ3v) is 4.80. The van der Waals surface area contributed by atoms with Crippen LogP contribution in [0, 0.1) is 0 Å². The lowest BCUT2D eigenvalue weighted by Gasteiger charge is -2.14. The molecule has 0 unspecified atom stereocenters. The van der Waals surface area contributed by atoms with Gasteiger partial charge < -0.3 is 14.5 Å². The number of anilines is 2. The van der Waals surface area contributed by atoms with E-state index in [2.05, 4.69) is 43.7 Å². The number of ether oxygens (including phenoxy) is 1. The van der Waals surface area contributed by atoms with Crippen molar-refractivity contribution in [3.05, 3.63) is 67.0 Å². The normalized spacial score (nSPS) is 13.1. The van der Waals surface area contributed by atoms with Crippen molar-refractivity contribution in [1.29, 1.82) is 0 Å². The van der Waals surface area contributed by atoms with Crippen LogP contribution in [-0.4, -0.2) is 26.8 Å². The Labute approximate surface area is 167 Å². The van der Waals surface area contributed by atoms with Crippen molar-refractivity contribution in [3.63, 3.8) is 0 Å². The Morgan fingerprint density at radius 1 is 1.21 bits per heavy atom. The van der Waals surface area contributed by atoms with E-state index < -0.39 is 0 Å². The number of aromatic amines is 1. The van der Waals surface area contributed by atoms with Crippen molar-refractivity contribution in [2.45, 2.75) is 13.3 Å². The zero-order valence-electron chi connectivity index (χ0n) is 15.8. The van der Waals surface area contributed by atoms with E-state index in [1.165, 1.54) is 6.33 Å². The number of furan rings is 1. The summed E-state index contributed by atoms with van der Waals surface area (Å²) in [4.78, 5) is 8.80. The number of aromatic nitrogens is 4. The van der Waals surface area contributed by atoms with Crippen LogP contribution in [-0.2, 0) is 0 Å². The maximum Gasteiger partial charge on any atom is 0.186 e. The third kappa shape index (κ3) is 3.16. The minimum absolute atomic E-state index is 0.563. The van der Waals surface area contributed by atoms with E-state index in [0.717, 1.165) is 45.6 Å². The van der Waals surface area contributed by atoms with Crippen molar-refractivity contribution in [1.82, 2.24) is 20.2 Å². The van der Waals surface area contributed by atoms with E-state index in [0.29, 0.717) is 18.1 Å². The van der Waals surface area contributed by atoms with Gasteiger partial charge in [-0.05, 0) is 42.7 Å². The minimum Gasteiger partial charge on any atom is -0.492 e. The summed E-state index contributed by atoms with van der Waals surface area (Å²) in [5.41, 5.74) is 5.43. The fourth-order valence-electron chi connectivity index (χ4n) is 3.45. The van der Waals surface area contributed by atoms with Gasteiger partial charge in [0.15, 0.2) is 5.65 Å². The number of allylic oxidation sites excluding steroid dienone is 4. The van der Waals surface area contributed by atoms with Crippen molar-refractivity contribution < 1.29 is 9.15 Å². The Hall–Kier alpha value is -3.87. The van der Waals surface area contributed by atoms with Gasteiger partial charge in [-0.25, -0.2) is 9.97 Å². The molecule has 29 heavy (non-hydrogen) atoms. The van der Waals surface area contributed by atoms with Gasteiger partial charge in [0.05, 0.1) is 35.9 Å². The number of hydrogen-bond donors (Lipinski definition) is 2. The highest BCUT2D eigenvalue weighted by atomic mass is 16.5. The number of H-pyrrole nitrogens is 1. The van der Waals surface area contributed by atoms with Gasteiger partial charge in [0, 0.05) is 5.56 Å². The van der Waals surface area contributed by atoms with Crippen LogP contribution in [0.25, 0.3) is 27.7 Å². The van der Waals surface area contributed by atoms with Gasteiger partial charge in [-0.3, -0.25) is 5.10 Å². The predicted molar refractivity (Wildman–Crippen MR) is 112 cm³/mol. The molecule has 4 aromatic rings. The van der Waals surface area contributed by atoms with Crippen LogP contribution in [0.4, 0.5) is 11.5 Å². The first-order valence-electron chi connectivity index (χ1n) is 9.46. The van der Waals surface area contributed by atoms with Crippen molar-refractivity contribution >= 4 is 28.1 Å². The molecule has 0 aliphatic heterocycles. The zero-order chi connectivity index (χ0) is 19.6. The molecule has 0 amide bonds. The first-order valence-corrected chi connectivity index (χ1v) is 9.46. The van der Waals surface area contributed by atoms with Crippen LogP contribution in [0.1, 0.15) is 19.0 Å². The van der Waals surface area contributed by atoms with Gasteiger partial charge in [-0.15, -0.1) is 0 Å². The van der Waals surface area contributed by atoms with Crippen molar-refractivity contribution in [2.24, 2.45) is 0 Å². The molecule has 2 N–H and O–H groups in total.